The van der Waals surface area contributed by atoms with Crippen molar-refractivity contribution in [1.82, 2.24) is 4.98 Å². The molecule has 0 spiro atoms. The largest absolute Gasteiger partial charge is 0.497 e. The number of hydrogen-bond acceptors (Lipinski definition) is 6. The molecule has 1 heterocycles. The van der Waals surface area contributed by atoms with E-state index in [0.717, 1.165) is 5.56 Å². The summed E-state index contributed by atoms with van der Waals surface area (Å²) in [5, 5.41) is 0. The number of fused-ring (bicyclic) bond motifs is 1. The molecule has 0 aliphatic heterocycles. The number of benzene rings is 3. The average molecular weight is 375 g/mol. The fourth-order valence-corrected chi connectivity index (χ4v) is 2.76. The highest BCUT2D eigenvalue weighted by Gasteiger charge is 2.14. The van der Waals surface area contributed by atoms with Gasteiger partial charge in [-0.15, -0.1) is 0 Å². The van der Waals surface area contributed by atoms with Crippen LogP contribution in [0.25, 0.3) is 22.6 Å². The van der Waals surface area contributed by atoms with Gasteiger partial charge in [0, 0.05) is 17.7 Å². The molecule has 0 aliphatic carbocycles. The molecule has 3 aromatic carbocycles. The SMILES string of the molecule is COc1cc(OC)cc(C(=O)Oc2ccc3nc(-c4ccccc4)oc3c2)c1. The molecule has 4 rings (SSSR count). The summed E-state index contributed by atoms with van der Waals surface area (Å²) >= 11 is 0. The highest BCUT2D eigenvalue weighted by molar-refractivity contribution is 5.92. The molecule has 0 radical (unpaired) electrons. The van der Waals surface area contributed by atoms with E-state index in [2.05, 4.69) is 4.98 Å². The van der Waals surface area contributed by atoms with Crippen molar-refractivity contribution in [3.8, 4) is 28.7 Å². The molecule has 0 atom stereocenters. The van der Waals surface area contributed by atoms with Crippen LogP contribution >= 0.6 is 0 Å². The first-order valence-electron chi connectivity index (χ1n) is 8.57. The molecule has 140 valence electrons. The number of hydrogen-bond donors (Lipinski definition) is 0. The van der Waals surface area contributed by atoms with Crippen LogP contribution in [0.5, 0.6) is 17.2 Å². The van der Waals surface area contributed by atoms with Gasteiger partial charge in [-0.1, -0.05) is 18.2 Å². The van der Waals surface area contributed by atoms with Crippen LogP contribution < -0.4 is 14.2 Å². The van der Waals surface area contributed by atoms with Gasteiger partial charge in [-0.25, -0.2) is 9.78 Å². The van der Waals surface area contributed by atoms with Gasteiger partial charge in [0.25, 0.3) is 0 Å². The van der Waals surface area contributed by atoms with E-state index in [9.17, 15) is 4.79 Å². The molecule has 6 nitrogen and oxygen atoms in total. The highest BCUT2D eigenvalue weighted by atomic mass is 16.5. The van der Waals surface area contributed by atoms with Gasteiger partial charge in [-0.2, -0.15) is 0 Å². The van der Waals surface area contributed by atoms with Gasteiger partial charge in [-0.3, -0.25) is 0 Å². The van der Waals surface area contributed by atoms with E-state index in [4.69, 9.17) is 18.6 Å². The number of methoxy groups -OCH3 is 2. The number of carbonyl (C=O) groups is 1. The smallest absolute Gasteiger partial charge is 0.343 e. The van der Waals surface area contributed by atoms with Gasteiger partial charge < -0.3 is 18.6 Å². The Morgan fingerprint density at radius 3 is 2.25 bits per heavy atom. The van der Waals surface area contributed by atoms with Crippen LogP contribution in [0.15, 0.2) is 71.1 Å². The third kappa shape index (κ3) is 3.53. The number of rotatable bonds is 5. The zero-order valence-electron chi connectivity index (χ0n) is 15.3. The standard InChI is InChI=1S/C22H17NO5/c1-25-17-10-15(11-18(12-17)26-2)22(24)27-16-8-9-19-20(13-16)28-21(23-19)14-6-4-3-5-7-14/h3-13H,1-2H3. The number of ether oxygens (including phenoxy) is 3. The van der Waals surface area contributed by atoms with E-state index in [-0.39, 0.29) is 0 Å². The minimum atomic E-state index is -0.528. The topological polar surface area (TPSA) is 70.8 Å². The number of esters is 1. The fourth-order valence-electron chi connectivity index (χ4n) is 2.76. The van der Waals surface area contributed by atoms with Gasteiger partial charge in [0.05, 0.1) is 19.8 Å². The molecule has 6 heteroatoms. The number of nitrogens with zero attached hydrogens (tertiary/aromatic N) is 1. The lowest BCUT2D eigenvalue weighted by atomic mass is 10.2. The Hall–Kier alpha value is -3.80. The first-order chi connectivity index (χ1) is 13.7. The fraction of sp³-hybridized carbons (Fsp3) is 0.0909. The van der Waals surface area contributed by atoms with Crippen LogP contribution in [0.4, 0.5) is 0 Å². The Labute approximate surface area is 161 Å². The third-order valence-electron chi connectivity index (χ3n) is 4.18. The Bertz CT molecular complexity index is 1110. The Morgan fingerprint density at radius 2 is 1.57 bits per heavy atom. The van der Waals surface area contributed by atoms with Crippen molar-refractivity contribution >= 4 is 17.1 Å². The van der Waals surface area contributed by atoms with Gasteiger partial charge in [0.2, 0.25) is 5.89 Å². The number of oxazole rings is 1. The molecule has 28 heavy (non-hydrogen) atoms. The normalized spacial score (nSPS) is 10.6. The van der Waals surface area contributed by atoms with Crippen LogP contribution in [0, 0.1) is 0 Å². The van der Waals surface area contributed by atoms with Crippen LogP contribution in [-0.4, -0.2) is 25.2 Å². The lowest BCUT2D eigenvalue weighted by molar-refractivity contribution is 0.0734. The average Bonchev–Trinajstić information content (AvgIpc) is 3.17. The van der Waals surface area contributed by atoms with E-state index in [1.165, 1.54) is 14.2 Å². The van der Waals surface area contributed by atoms with E-state index in [1.807, 2.05) is 30.3 Å². The van der Waals surface area contributed by atoms with Gasteiger partial charge >= 0.3 is 5.97 Å². The number of carbonyl (C=O) groups excluding carboxylic acids is 1. The third-order valence-corrected chi connectivity index (χ3v) is 4.18. The molecule has 0 amide bonds. The van der Waals surface area contributed by atoms with Gasteiger partial charge in [0.15, 0.2) is 5.58 Å². The molecule has 0 unspecified atom stereocenters. The summed E-state index contributed by atoms with van der Waals surface area (Å²) in [4.78, 5) is 17.0. The van der Waals surface area contributed by atoms with Gasteiger partial charge in [-0.05, 0) is 36.4 Å². The molecule has 0 fully saturated rings. The zero-order chi connectivity index (χ0) is 19.5. The van der Waals surface area contributed by atoms with Crippen molar-refractivity contribution in [3.63, 3.8) is 0 Å². The van der Waals surface area contributed by atoms with E-state index in [0.29, 0.717) is 39.8 Å². The summed E-state index contributed by atoms with van der Waals surface area (Å²) in [7, 11) is 3.04. The molecule has 1 aromatic heterocycles. The van der Waals surface area contributed by atoms with E-state index < -0.39 is 5.97 Å². The second kappa shape index (κ2) is 7.44. The summed E-state index contributed by atoms with van der Waals surface area (Å²) in [6.07, 6.45) is 0. The molecular weight excluding hydrogens is 358 g/mol. The van der Waals surface area contributed by atoms with Crippen molar-refractivity contribution in [2.75, 3.05) is 14.2 Å². The maximum atomic E-state index is 12.5. The summed E-state index contributed by atoms with van der Waals surface area (Å²) < 4.78 is 21.7. The zero-order valence-corrected chi connectivity index (χ0v) is 15.3. The van der Waals surface area contributed by atoms with Crippen molar-refractivity contribution < 1.29 is 23.4 Å². The van der Waals surface area contributed by atoms with E-state index in [1.54, 1.807) is 36.4 Å². The summed E-state index contributed by atoms with van der Waals surface area (Å²) in [6, 6.07) is 19.5. The Balaban J connectivity index is 1.60. The first-order valence-corrected chi connectivity index (χ1v) is 8.57. The summed E-state index contributed by atoms with van der Waals surface area (Å²) in [5.41, 5.74) is 2.41. The van der Waals surface area contributed by atoms with Crippen molar-refractivity contribution in [1.29, 1.82) is 0 Å². The predicted octanol–water partition coefficient (Wildman–Crippen LogP) is 4.73. The lowest BCUT2D eigenvalue weighted by Crippen LogP contribution is -2.09. The van der Waals surface area contributed by atoms with Crippen LogP contribution in [0.3, 0.4) is 0 Å². The maximum Gasteiger partial charge on any atom is 0.343 e. The van der Waals surface area contributed by atoms with E-state index >= 15 is 0 Å². The quantitative estimate of drug-likeness (QED) is 0.371. The van der Waals surface area contributed by atoms with Crippen molar-refractivity contribution in [2.45, 2.75) is 0 Å². The van der Waals surface area contributed by atoms with Crippen LogP contribution in [0.1, 0.15) is 10.4 Å². The van der Waals surface area contributed by atoms with Crippen LogP contribution in [-0.2, 0) is 0 Å². The summed E-state index contributed by atoms with van der Waals surface area (Å²) in [5.74, 6) is 1.35. The molecule has 4 aromatic rings. The molecular formula is C22H17NO5. The Kier molecular flexibility index (Phi) is 4.68. The Morgan fingerprint density at radius 1 is 0.857 bits per heavy atom. The predicted molar refractivity (Wildman–Crippen MR) is 104 cm³/mol. The monoisotopic (exact) mass is 375 g/mol. The number of aromatic nitrogens is 1. The maximum absolute atomic E-state index is 12.5. The molecule has 0 bridgehead atoms. The second-order valence-electron chi connectivity index (χ2n) is 6.01. The summed E-state index contributed by atoms with van der Waals surface area (Å²) in [6.45, 7) is 0. The minimum Gasteiger partial charge on any atom is -0.497 e. The molecule has 0 saturated heterocycles. The van der Waals surface area contributed by atoms with Crippen LogP contribution in [0.2, 0.25) is 0 Å². The molecule has 0 N–H and O–H groups in total. The highest BCUT2D eigenvalue weighted by Crippen LogP contribution is 2.28. The van der Waals surface area contributed by atoms with Crippen molar-refractivity contribution in [2.24, 2.45) is 0 Å². The van der Waals surface area contributed by atoms with Crippen molar-refractivity contribution in [3.05, 3.63) is 72.3 Å². The van der Waals surface area contributed by atoms with Gasteiger partial charge in [0.1, 0.15) is 22.8 Å². The minimum absolute atomic E-state index is 0.318. The molecule has 0 saturated carbocycles. The first kappa shape index (κ1) is 17.6. The second-order valence-corrected chi connectivity index (χ2v) is 6.01. The molecule has 0 aliphatic rings. The lowest BCUT2D eigenvalue weighted by Gasteiger charge is -2.08.